The Balaban J connectivity index is 4.76. The molecule has 0 spiro atoms. The summed E-state index contributed by atoms with van der Waals surface area (Å²) in [5.74, 6) is 1.22. The second-order valence-corrected chi connectivity index (χ2v) is 4.50. The van der Waals surface area contributed by atoms with Crippen LogP contribution in [0.5, 0.6) is 0 Å². The summed E-state index contributed by atoms with van der Waals surface area (Å²) >= 11 is 0. The largest absolute Gasteiger partial charge is 0.295 e. The van der Waals surface area contributed by atoms with Gasteiger partial charge in [-0.05, 0) is 37.7 Å². The van der Waals surface area contributed by atoms with Gasteiger partial charge in [0.1, 0.15) is 0 Å². The average Bonchev–Trinajstić information content (AvgIpc) is 1.81. The van der Waals surface area contributed by atoms with Gasteiger partial charge < -0.3 is 0 Å². The lowest BCUT2D eigenvalue weighted by molar-refractivity contribution is -0.114. The quantitative estimate of drug-likeness (QED) is 0.607. The Morgan fingerprint density at radius 3 is 1.77 bits per heavy atom. The second kappa shape index (κ2) is 5.21. The monoisotopic (exact) mass is 182 g/mol. The minimum atomic E-state index is 0.230. The number of Topliss-reactive ketones (excluding diaryl/α,β-unsaturated/α-hetero) is 1. The van der Waals surface area contributed by atoms with Crippen molar-refractivity contribution in [3.8, 4) is 0 Å². The van der Waals surface area contributed by atoms with Crippen molar-refractivity contribution in [2.45, 2.75) is 48.0 Å². The van der Waals surface area contributed by atoms with Crippen molar-refractivity contribution in [3.05, 3.63) is 11.1 Å². The molecule has 0 saturated heterocycles. The van der Waals surface area contributed by atoms with E-state index in [1.54, 1.807) is 6.92 Å². The van der Waals surface area contributed by atoms with Crippen molar-refractivity contribution in [3.63, 3.8) is 0 Å². The third kappa shape index (κ3) is 4.25. The fourth-order valence-electron chi connectivity index (χ4n) is 1.92. The molecule has 0 aromatic heterocycles. The van der Waals surface area contributed by atoms with Crippen LogP contribution in [0, 0.1) is 11.8 Å². The number of carbonyl (C=O) groups is 1. The normalized spacial score (nSPS) is 13.5. The molecule has 1 nitrogen and oxygen atoms in total. The van der Waals surface area contributed by atoms with Gasteiger partial charge in [-0.3, -0.25) is 4.79 Å². The first-order chi connectivity index (χ1) is 5.86. The van der Waals surface area contributed by atoms with Crippen molar-refractivity contribution < 1.29 is 4.79 Å². The van der Waals surface area contributed by atoms with Gasteiger partial charge in [0, 0.05) is 0 Å². The van der Waals surface area contributed by atoms with Crippen molar-refractivity contribution in [2.24, 2.45) is 11.8 Å². The zero-order chi connectivity index (χ0) is 10.6. The summed E-state index contributed by atoms with van der Waals surface area (Å²) in [6, 6.07) is 0. The van der Waals surface area contributed by atoms with Crippen LogP contribution < -0.4 is 0 Å². The SMILES string of the molecule is CC(=O)C(=C(C)CC(C)C)C(C)C. The standard InChI is InChI=1S/C12H22O/c1-8(2)7-10(5)12(9(3)4)11(6)13/h8-9H,7H2,1-6H3. The molecule has 0 bridgehead atoms. The van der Waals surface area contributed by atoms with E-state index in [4.69, 9.17) is 0 Å². The first-order valence-corrected chi connectivity index (χ1v) is 5.06. The number of hydrogen-bond donors (Lipinski definition) is 0. The summed E-state index contributed by atoms with van der Waals surface area (Å²) in [5.41, 5.74) is 2.28. The molecule has 0 unspecified atom stereocenters. The van der Waals surface area contributed by atoms with E-state index in [1.807, 2.05) is 0 Å². The molecular weight excluding hydrogens is 160 g/mol. The molecule has 1 heteroatoms. The van der Waals surface area contributed by atoms with Crippen molar-refractivity contribution in [2.75, 3.05) is 0 Å². The molecule has 0 amide bonds. The zero-order valence-electron chi connectivity index (χ0n) is 9.77. The van der Waals surface area contributed by atoms with Gasteiger partial charge >= 0.3 is 0 Å². The van der Waals surface area contributed by atoms with Crippen LogP contribution in [0.15, 0.2) is 11.1 Å². The maximum Gasteiger partial charge on any atom is 0.155 e. The Morgan fingerprint density at radius 1 is 1.08 bits per heavy atom. The van der Waals surface area contributed by atoms with E-state index in [0.717, 1.165) is 12.0 Å². The molecular formula is C12H22O. The lowest BCUT2D eigenvalue weighted by atomic mass is 9.90. The molecule has 13 heavy (non-hydrogen) atoms. The third-order valence-electron chi connectivity index (χ3n) is 2.13. The van der Waals surface area contributed by atoms with Crippen LogP contribution in [0.4, 0.5) is 0 Å². The smallest absolute Gasteiger partial charge is 0.155 e. The van der Waals surface area contributed by atoms with Crippen LogP contribution in [0.25, 0.3) is 0 Å². The Labute approximate surface area is 82.2 Å². The summed E-state index contributed by atoms with van der Waals surface area (Å²) < 4.78 is 0. The molecule has 0 N–H and O–H groups in total. The van der Waals surface area contributed by atoms with Crippen LogP contribution in [0.3, 0.4) is 0 Å². The van der Waals surface area contributed by atoms with E-state index in [2.05, 4.69) is 34.6 Å². The van der Waals surface area contributed by atoms with Gasteiger partial charge in [0.05, 0.1) is 0 Å². The van der Waals surface area contributed by atoms with Crippen molar-refractivity contribution >= 4 is 5.78 Å². The van der Waals surface area contributed by atoms with E-state index in [-0.39, 0.29) is 5.78 Å². The van der Waals surface area contributed by atoms with Crippen LogP contribution in [0.2, 0.25) is 0 Å². The molecule has 0 saturated carbocycles. The molecule has 0 atom stereocenters. The van der Waals surface area contributed by atoms with Crippen LogP contribution in [-0.4, -0.2) is 5.78 Å². The third-order valence-corrected chi connectivity index (χ3v) is 2.13. The molecule has 0 heterocycles. The fraction of sp³-hybridized carbons (Fsp3) is 0.750. The highest BCUT2D eigenvalue weighted by Crippen LogP contribution is 2.21. The lowest BCUT2D eigenvalue weighted by Crippen LogP contribution is -2.08. The molecule has 0 aromatic rings. The summed E-state index contributed by atoms with van der Waals surface area (Å²) in [6.07, 6.45) is 1.03. The first kappa shape index (κ1) is 12.4. The second-order valence-electron chi connectivity index (χ2n) is 4.50. The molecule has 0 aliphatic heterocycles. The number of hydrogen-bond acceptors (Lipinski definition) is 1. The number of rotatable bonds is 4. The maximum atomic E-state index is 11.4. The van der Waals surface area contributed by atoms with E-state index in [1.165, 1.54) is 5.57 Å². The average molecular weight is 182 g/mol. The number of allylic oxidation sites excluding steroid dienone is 2. The summed E-state index contributed by atoms with van der Waals surface area (Å²) in [5, 5.41) is 0. The van der Waals surface area contributed by atoms with E-state index >= 15 is 0 Å². The van der Waals surface area contributed by atoms with Gasteiger partial charge in [0.25, 0.3) is 0 Å². The van der Waals surface area contributed by atoms with E-state index in [9.17, 15) is 4.79 Å². The Morgan fingerprint density at radius 2 is 1.54 bits per heavy atom. The van der Waals surface area contributed by atoms with E-state index in [0.29, 0.717) is 11.8 Å². The minimum absolute atomic E-state index is 0.230. The summed E-state index contributed by atoms with van der Waals surface area (Å²) in [4.78, 5) is 11.4. The predicted octanol–water partition coefficient (Wildman–Crippen LogP) is 3.59. The van der Waals surface area contributed by atoms with E-state index < -0.39 is 0 Å². The minimum Gasteiger partial charge on any atom is -0.295 e. The number of carbonyl (C=O) groups excluding carboxylic acids is 1. The van der Waals surface area contributed by atoms with Crippen LogP contribution in [-0.2, 0) is 4.79 Å². The Bertz CT molecular complexity index is 209. The molecule has 76 valence electrons. The van der Waals surface area contributed by atoms with Gasteiger partial charge in [0.2, 0.25) is 0 Å². The highest BCUT2D eigenvalue weighted by molar-refractivity contribution is 5.94. The van der Waals surface area contributed by atoms with Crippen LogP contribution >= 0.6 is 0 Å². The van der Waals surface area contributed by atoms with Crippen molar-refractivity contribution in [1.29, 1.82) is 0 Å². The molecule has 0 fully saturated rings. The van der Waals surface area contributed by atoms with Crippen LogP contribution in [0.1, 0.15) is 48.0 Å². The number of ketones is 1. The first-order valence-electron chi connectivity index (χ1n) is 5.06. The Kier molecular flexibility index (Phi) is 4.97. The zero-order valence-corrected chi connectivity index (χ0v) is 9.77. The highest BCUT2D eigenvalue weighted by atomic mass is 16.1. The topological polar surface area (TPSA) is 17.1 Å². The molecule has 0 aromatic carbocycles. The van der Waals surface area contributed by atoms with Gasteiger partial charge in [-0.15, -0.1) is 0 Å². The van der Waals surface area contributed by atoms with Gasteiger partial charge in [-0.1, -0.05) is 33.3 Å². The van der Waals surface area contributed by atoms with Gasteiger partial charge in [-0.25, -0.2) is 0 Å². The fourth-order valence-corrected chi connectivity index (χ4v) is 1.92. The lowest BCUT2D eigenvalue weighted by Gasteiger charge is -2.14. The van der Waals surface area contributed by atoms with Gasteiger partial charge in [0.15, 0.2) is 5.78 Å². The van der Waals surface area contributed by atoms with Crippen molar-refractivity contribution in [1.82, 2.24) is 0 Å². The highest BCUT2D eigenvalue weighted by Gasteiger charge is 2.12. The Hall–Kier alpha value is -0.590. The predicted molar refractivity (Wildman–Crippen MR) is 57.7 cm³/mol. The molecule has 0 radical (unpaired) electrons. The molecule has 0 aliphatic rings. The summed E-state index contributed by atoms with van der Waals surface area (Å²) in [6.45, 7) is 12.3. The molecule has 0 rings (SSSR count). The summed E-state index contributed by atoms with van der Waals surface area (Å²) in [7, 11) is 0. The molecule has 0 aliphatic carbocycles. The van der Waals surface area contributed by atoms with Gasteiger partial charge in [-0.2, -0.15) is 0 Å². The maximum absolute atomic E-state index is 11.4.